The van der Waals surface area contributed by atoms with E-state index < -0.39 is 11.9 Å². The van der Waals surface area contributed by atoms with E-state index in [1.165, 1.54) is 6.08 Å². The molecule has 0 spiro atoms. The Labute approximate surface area is 210 Å². The molecular weight excluding hydrogens is 520 g/mol. The van der Waals surface area contributed by atoms with Crippen molar-refractivity contribution in [2.24, 2.45) is 0 Å². The van der Waals surface area contributed by atoms with E-state index in [1.807, 2.05) is 24.3 Å². The van der Waals surface area contributed by atoms with Crippen LogP contribution in [0.2, 0.25) is 5.02 Å². The SMILES string of the molecule is CCOC(=O)c1ccc(NC(=O)/C(C#N)=C/c2ccc(OCc3ccccc3Cl)c(Br)c2)cc1. The van der Waals surface area contributed by atoms with E-state index in [0.717, 1.165) is 5.56 Å². The molecule has 1 N–H and O–H groups in total. The van der Waals surface area contributed by atoms with Gasteiger partial charge in [0.2, 0.25) is 0 Å². The van der Waals surface area contributed by atoms with Crippen LogP contribution >= 0.6 is 27.5 Å². The molecule has 1 amide bonds. The lowest BCUT2D eigenvalue weighted by molar-refractivity contribution is -0.112. The highest BCUT2D eigenvalue weighted by Crippen LogP contribution is 2.28. The molecule has 0 aliphatic carbocycles. The molecule has 0 unspecified atom stereocenters. The number of ether oxygens (including phenoxy) is 2. The summed E-state index contributed by atoms with van der Waals surface area (Å²) in [5.74, 6) is -0.411. The molecule has 8 heteroatoms. The standard InChI is InChI=1S/C26H20BrClN2O4/c1-2-33-26(32)18-8-10-21(11-9-18)30-25(31)20(15-29)13-17-7-12-24(22(27)14-17)34-16-19-5-3-4-6-23(19)28/h3-14H,2,16H2,1H3,(H,30,31)/b20-13+. The lowest BCUT2D eigenvalue weighted by Crippen LogP contribution is -2.13. The summed E-state index contributed by atoms with van der Waals surface area (Å²) in [6.45, 7) is 2.30. The first kappa shape index (κ1) is 25.0. The molecule has 0 atom stereocenters. The van der Waals surface area contributed by atoms with Crippen molar-refractivity contribution < 1.29 is 19.1 Å². The predicted molar refractivity (Wildman–Crippen MR) is 135 cm³/mol. The van der Waals surface area contributed by atoms with E-state index in [2.05, 4.69) is 21.2 Å². The Morgan fingerprint density at radius 3 is 2.50 bits per heavy atom. The van der Waals surface area contributed by atoms with Gasteiger partial charge in [-0.15, -0.1) is 0 Å². The minimum absolute atomic E-state index is 0.0777. The zero-order valence-corrected chi connectivity index (χ0v) is 20.5. The van der Waals surface area contributed by atoms with E-state index in [1.54, 1.807) is 55.5 Å². The van der Waals surface area contributed by atoms with Crippen LogP contribution in [0, 0.1) is 11.3 Å². The molecule has 34 heavy (non-hydrogen) atoms. The van der Waals surface area contributed by atoms with Crippen LogP contribution in [-0.2, 0) is 16.1 Å². The second-order valence-electron chi connectivity index (χ2n) is 6.99. The quantitative estimate of drug-likeness (QED) is 0.203. The highest BCUT2D eigenvalue weighted by Gasteiger charge is 2.12. The molecule has 0 saturated heterocycles. The van der Waals surface area contributed by atoms with Crippen LogP contribution in [0.25, 0.3) is 6.08 Å². The fraction of sp³-hybridized carbons (Fsp3) is 0.115. The molecule has 0 aromatic heterocycles. The van der Waals surface area contributed by atoms with Crippen molar-refractivity contribution in [3.63, 3.8) is 0 Å². The summed E-state index contributed by atoms with van der Waals surface area (Å²) in [5.41, 5.74) is 2.24. The number of nitrogens with one attached hydrogen (secondary N) is 1. The van der Waals surface area contributed by atoms with Gasteiger partial charge in [0, 0.05) is 16.3 Å². The van der Waals surface area contributed by atoms with Crippen molar-refractivity contribution in [2.75, 3.05) is 11.9 Å². The van der Waals surface area contributed by atoms with Crippen molar-refractivity contribution in [3.8, 4) is 11.8 Å². The number of anilines is 1. The Kier molecular flexibility index (Phi) is 8.86. The fourth-order valence-electron chi connectivity index (χ4n) is 2.91. The van der Waals surface area contributed by atoms with Crippen molar-refractivity contribution in [3.05, 3.63) is 98.5 Å². The maximum absolute atomic E-state index is 12.6. The maximum atomic E-state index is 12.6. The first-order chi connectivity index (χ1) is 16.4. The van der Waals surface area contributed by atoms with Gasteiger partial charge in [-0.3, -0.25) is 4.79 Å². The van der Waals surface area contributed by atoms with Gasteiger partial charge in [0.25, 0.3) is 5.91 Å². The Morgan fingerprint density at radius 1 is 1.12 bits per heavy atom. The molecule has 3 rings (SSSR count). The average Bonchev–Trinajstić information content (AvgIpc) is 2.83. The highest BCUT2D eigenvalue weighted by atomic mass is 79.9. The molecule has 0 aliphatic heterocycles. The number of amides is 1. The molecule has 0 bridgehead atoms. The largest absolute Gasteiger partial charge is 0.488 e. The van der Waals surface area contributed by atoms with Crippen LogP contribution in [0.3, 0.4) is 0 Å². The zero-order chi connectivity index (χ0) is 24.5. The molecular formula is C26H20BrClN2O4. The van der Waals surface area contributed by atoms with Crippen LogP contribution in [-0.4, -0.2) is 18.5 Å². The minimum Gasteiger partial charge on any atom is -0.488 e. The van der Waals surface area contributed by atoms with Gasteiger partial charge in [-0.1, -0.05) is 35.9 Å². The monoisotopic (exact) mass is 538 g/mol. The Bertz CT molecular complexity index is 1270. The molecule has 0 fully saturated rings. The van der Waals surface area contributed by atoms with Gasteiger partial charge in [0.05, 0.1) is 16.6 Å². The summed E-state index contributed by atoms with van der Waals surface area (Å²) < 4.78 is 11.4. The van der Waals surface area contributed by atoms with Gasteiger partial charge < -0.3 is 14.8 Å². The van der Waals surface area contributed by atoms with Gasteiger partial charge in [-0.2, -0.15) is 5.26 Å². The van der Waals surface area contributed by atoms with Crippen LogP contribution in [0.1, 0.15) is 28.4 Å². The number of hydrogen-bond acceptors (Lipinski definition) is 5. The summed E-state index contributed by atoms with van der Waals surface area (Å²) in [4.78, 5) is 24.3. The predicted octanol–water partition coefficient (Wildman–Crippen LogP) is 6.40. The second-order valence-corrected chi connectivity index (χ2v) is 8.25. The van der Waals surface area contributed by atoms with Crippen LogP contribution in [0.4, 0.5) is 5.69 Å². The molecule has 0 aliphatic rings. The van der Waals surface area contributed by atoms with Crippen LogP contribution < -0.4 is 10.1 Å². The van der Waals surface area contributed by atoms with E-state index in [0.29, 0.717) is 38.7 Å². The van der Waals surface area contributed by atoms with Gasteiger partial charge in [-0.05, 0) is 77.0 Å². The third-order valence-corrected chi connectivity index (χ3v) is 5.62. The molecule has 3 aromatic carbocycles. The fourth-order valence-corrected chi connectivity index (χ4v) is 3.61. The summed E-state index contributed by atoms with van der Waals surface area (Å²) >= 11 is 9.63. The van der Waals surface area contributed by atoms with Crippen LogP contribution in [0.15, 0.2) is 76.8 Å². The number of carbonyl (C=O) groups excluding carboxylic acids is 2. The average molecular weight is 540 g/mol. The Morgan fingerprint density at radius 2 is 1.85 bits per heavy atom. The number of esters is 1. The van der Waals surface area contributed by atoms with E-state index >= 15 is 0 Å². The molecule has 0 heterocycles. The number of rotatable bonds is 8. The van der Waals surface area contributed by atoms with E-state index in [-0.39, 0.29) is 12.2 Å². The number of benzene rings is 3. The van der Waals surface area contributed by atoms with Crippen LogP contribution in [0.5, 0.6) is 5.75 Å². The normalized spacial score (nSPS) is 10.8. The number of nitrogens with zero attached hydrogens (tertiary/aromatic N) is 1. The zero-order valence-electron chi connectivity index (χ0n) is 18.2. The molecule has 6 nitrogen and oxygen atoms in total. The summed E-state index contributed by atoms with van der Waals surface area (Å²) in [7, 11) is 0. The summed E-state index contributed by atoms with van der Waals surface area (Å²) in [5, 5.41) is 12.8. The molecule has 0 saturated carbocycles. The van der Waals surface area contributed by atoms with Crippen molar-refractivity contribution in [2.45, 2.75) is 13.5 Å². The second kappa shape index (κ2) is 12.0. The van der Waals surface area contributed by atoms with E-state index in [9.17, 15) is 14.9 Å². The first-order valence-corrected chi connectivity index (χ1v) is 11.4. The molecule has 172 valence electrons. The highest BCUT2D eigenvalue weighted by molar-refractivity contribution is 9.10. The van der Waals surface area contributed by atoms with Crippen molar-refractivity contribution >= 4 is 51.2 Å². The molecule has 3 aromatic rings. The van der Waals surface area contributed by atoms with Gasteiger partial charge in [0.15, 0.2) is 0 Å². The first-order valence-electron chi connectivity index (χ1n) is 10.3. The molecule has 0 radical (unpaired) electrons. The third kappa shape index (κ3) is 6.70. The summed E-state index contributed by atoms with van der Waals surface area (Å²) in [6, 6.07) is 20.8. The Balaban J connectivity index is 1.67. The van der Waals surface area contributed by atoms with Gasteiger partial charge in [0.1, 0.15) is 24.0 Å². The lowest BCUT2D eigenvalue weighted by atomic mass is 10.1. The number of halogens is 2. The maximum Gasteiger partial charge on any atom is 0.338 e. The third-order valence-electron chi connectivity index (χ3n) is 4.63. The number of hydrogen-bond donors (Lipinski definition) is 1. The Hall–Kier alpha value is -3.60. The van der Waals surface area contributed by atoms with Crippen molar-refractivity contribution in [1.82, 2.24) is 0 Å². The summed E-state index contributed by atoms with van der Waals surface area (Å²) in [6.07, 6.45) is 1.48. The lowest BCUT2D eigenvalue weighted by Gasteiger charge is -2.10. The number of nitriles is 1. The van der Waals surface area contributed by atoms with Gasteiger partial charge in [-0.25, -0.2) is 4.79 Å². The topological polar surface area (TPSA) is 88.4 Å². The minimum atomic E-state index is -0.568. The van der Waals surface area contributed by atoms with Gasteiger partial charge >= 0.3 is 5.97 Å². The number of carbonyl (C=O) groups is 2. The van der Waals surface area contributed by atoms with E-state index in [4.69, 9.17) is 21.1 Å². The van der Waals surface area contributed by atoms with Crippen molar-refractivity contribution in [1.29, 1.82) is 5.26 Å². The smallest absolute Gasteiger partial charge is 0.338 e.